The Bertz CT molecular complexity index is 578. The number of fused-ring (bicyclic) bond motifs is 1. The molecule has 0 aliphatic carbocycles. The highest BCUT2D eigenvalue weighted by Gasteiger charge is 2.08. The number of unbranched alkanes of at least 4 members (excludes halogenated alkanes) is 5. The molecule has 1 aromatic carbocycles. The minimum absolute atomic E-state index is 0.281. The lowest BCUT2D eigenvalue weighted by Gasteiger charge is -2.03. The molecule has 0 saturated carbocycles. The smallest absolute Gasteiger partial charge is 0.335 e. The molecule has 0 radical (unpaired) electrons. The molecule has 1 N–H and O–H groups in total. The van der Waals surface area contributed by atoms with Crippen LogP contribution in [-0.4, -0.2) is 26.1 Å². The molecule has 108 valence electrons. The second kappa shape index (κ2) is 7.03. The summed E-state index contributed by atoms with van der Waals surface area (Å²) in [5, 5.41) is 17.2. The van der Waals surface area contributed by atoms with Gasteiger partial charge in [-0.2, -0.15) is 0 Å². The average Bonchev–Trinajstić information content (AvgIpc) is 2.85. The van der Waals surface area contributed by atoms with Crippen LogP contribution in [0.4, 0.5) is 0 Å². The summed E-state index contributed by atoms with van der Waals surface area (Å²) in [6.07, 6.45) is 7.33. The number of carboxylic acid groups (broad SMARTS) is 1. The Morgan fingerprint density at radius 2 is 1.95 bits per heavy atom. The largest absolute Gasteiger partial charge is 0.478 e. The van der Waals surface area contributed by atoms with E-state index >= 15 is 0 Å². The number of carbonyl (C=O) groups is 1. The number of hydrogen-bond acceptors (Lipinski definition) is 3. The van der Waals surface area contributed by atoms with Crippen molar-refractivity contribution in [3.63, 3.8) is 0 Å². The highest BCUT2D eigenvalue weighted by molar-refractivity contribution is 5.92. The van der Waals surface area contributed by atoms with Crippen molar-refractivity contribution in [2.24, 2.45) is 0 Å². The molecule has 1 heterocycles. The Morgan fingerprint density at radius 3 is 2.70 bits per heavy atom. The molecule has 0 fully saturated rings. The zero-order valence-electron chi connectivity index (χ0n) is 11.9. The standard InChI is InChI=1S/C15H21N3O2/c1-2-3-4-5-6-7-10-18-14-11-12(15(19)20)8-9-13(14)16-17-18/h8-9,11H,2-7,10H2,1H3,(H,19,20). The molecule has 2 rings (SSSR count). The fourth-order valence-electron chi connectivity index (χ4n) is 2.31. The summed E-state index contributed by atoms with van der Waals surface area (Å²) in [6.45, 7) is 3.01. The molecular weight excluding hydrogens is 254 g/mol. The van der Waals surface area contributed by atoms with E-state index < -0.39 is 5.97 Å². The Morgan fingerprint density at radius 1 is 1.20 bits per heavy atom. The van der Waals surface area contributed by atoms with Gasteiger partial charge < -0.3 is 5.11 Å². The molecule has 0 aliphatic heterocycles. The SMILES string of the molecule is CCCCCCCCn1nnc2ccc(C(=O)O)cc21. The van der Waals surface area contributed by atoms with Gasteiger partial charge in [-0.15, -0.1) is 5.10 Å². The summed E-state index contributed by atoms with van der Waals surface area (Å²) in [6, 6.07) is 4.92. The lowest BCUT2D eigenvalue weighted by molar-refractivity contribution is 0.0697. The van der Waals surface area contributed by atoms with Gasteiger partial charge in [0.1, 0.15) is 5.52 Å². The summed E-state index contributed by atoms with van der Waals surface area (Å²) < 4.78 is 1.81. The first-order valence-electron chi connectivity index (χ1n) is 7.29. The van der Waals surface area contributed by atoms with E-state index in [1.165, 1.54) is 32.1 Å². The van der Waals surface area contributed by atoms with Crippen molar-refractivity contribution in [3.05, 3.63) is 23.8 Å². The molecule has 0 amide bonds. The first-order valence-corrected chi connectivity index (χ1v) is 7.29. The molecule has 0 aliphatic rings. The van der Waals surface area contributed by atoms with Crippen LogP contribution >= 0.6 is 0 Å². The van der Waals surface area contributed by atoms with Crippen molar-refractivity contribution in [2.45, 2.75) is 52.0 Å². The van der Waals surface area contributed by atoms with E-state index in [0.717, 1.165) is 24.0 Å². The maximum atomic E-state index is 11.0. The molecule has 0 saturated heterocycles. The van der Waals surface area contributed by atoms with E-state index in [9.17, 15) is 4.79 Å². The first kappa shape index (κ1) is 14.5. The Kier molecular flexibility index (Phi) is 5.09. The van der Waals surface area contributed by atoms with Crippen LogP contribution in [0.1, 0.15) is 55.8 Å². The number of nitrogens with zero attached hydrogens (tertiary/aromatic N) is 3. The van der Waals surface area contributed by atoms with Gasteiger partial charge in [0.05, 0.1) is 11.1 Å². The van der Waals surface area contributed by atoms with Gasteiger partial charge in [0.15, 0.2) is 0 Å². The average molecular weight is 275 g/mol. The molecule has 5 heteroatoms. The fraction of sp³-hybridized carbons (Fsp3) is 0.533. The summed E-state index contributed by atoms with van der Waals surface area (Å²) in [5.41, 5.74) is 1.84. The molecule has 5 nitrogen and oxygen atoms in total. The number of aromatic nitrogens is 3. The lowest BCUT2D eigenvalue weighted by Crippen LogP contribution is -2.02. The third-order valence-electron chi connectivity index (χ3n) is 3.48. The van der Waals surface area contributed by atoms with Crippen molar-refractivity contribution in [2.75, 3.05) is 0 Å². The van der Waals surface area contributed by atoms with E-state index in [1.807, 2.05) is 4.68 Å². The molecule has 20 heavy (non-hydrogen) atoms. The molecule has 2 aromatic rings. The van der Waals surface area contributed by atoms with Crippen LogP contribution in [0, 0.1) is 0 Å². The van der Waals surface area contributed by atoms with Crippen molar-refractivity contribution in [1.29, 1.82) is 0 Å². The van der Waals surface area contributed by atoms with Gasteiger partial charge in [-0.25, -0.2) is 9.48 Å². The Hall–Kier alpha value is -1.91. The predicted molar refractivity (Wildman–Crippen MR) is 77.9 cm³/mol. The topological polar surface area (TPSA) is 68.0 Å². The van der Waals surface area contributed by atoms with Crippen LogP contribution in [-0.2, 0) is 6.54 Å². The minimum Gasteiger partial charge on any atom is -0.478 e. The van der Waals surface area contributed by atoms with Gasteiger partial charge in [-0.3, -0.25) is 0 Å². The molecule has 0 unspecified atom stereocenters. The highest BCUT2D eigenvalue weighted by Crippen LogP contribution is 2.15. The summed E-state index contributed by atoms with van der Waals surface area (Å²) in [5.74, 6) is -0.917. The van der Waals surface area contributed by atoms with Gasteiger partial charge in [-0.1, -0.05) is 44.2 Å². The maximum Gasteiger partial charge on any atom is 0.335 e. The molecule has 1 aromatic heterocycles. The molecule has 0 bridgehead atoms. The number of aromatic carboxylic acids is 1. The van der Waals surface area contributed by atoms with E-state index in [1.54, 1.807) is 18.2 Å². The third-order valence-corrected chi connectivity index (χ3v) is 3.48. The lowest BCUT2D eigenvalue weighted by atomic mass is 10.1. The summed E-state index contributed by atoms with van der Waals surface area (Å²) in [7, 11) is 0. The van der Waals surface area contributed by atoms with E-state index in [-0.39, 0.29) is 5.56 Å². The monoisotopic (exact) mass is 275 g/mol. The summed E-state index contributed by atoms with van der Waals surface area (Å²) in [4.78, 5) is 11.0. The van der Waals surface area contributed by atoms with Crippen molar-refractivity contribution in [1.82, 2.24) is 15.0 Å². The van der Waals surface area contributed by atoms with E-state index in [2.05, 4.69) is 17.2 Å². The molecule has 0 atom stereocenters. The number of aryl methyl sites for hydroxylation is 1. The predicted octanol–water partition coefficient (Wildman–Crippen LogP) is 3.49. The Balaban J connectivity index is 1.96. The number of rotatable bonds is 8. The first-order chi connectivity index (χ1) is 9.72. The highest BCUT2D eigenvalue weighted by atomic mass is 16.4. The van der Waals surface area contributed by atoms with Gasteiger partial charge in [-0.05, 0) is 24.6 Å². The van der Waals surface area contributed by atoms with Crippen molar-refractivity contribution >= 4 is 17.0 Å². The Labute approximate surface area is 118 Å². The second-order valence-electron chi connectivity index (χ2n) is 5.09. The van der Waals surface area contributed by atoms with Gasteiger partial charge in [0.25, 0.3) is 0 Å². The van der Waals surface area contributed by atoms with Crippen LogP contribution in [0.25, 0.3) is 11.0 Å². The van der Waals surface area contributed by atoms with Crippen LogP contribution in [0.15, 0.2) is 18.2 Å². The quantitative estimate of drug-likeness (QED) is 0.749. The van der Waals surface area contributed by atoms with Crippen LogP contribution in [0.5, 0.6) is 0 Å². The number of benzene rings is 1. The maximum absolute atomic E-state index is 11.0. The normalized spacial score (nSPS) is 11.1. The van der Waals surface area contributed by atoms with Gasteiger partial charge >= 0.3 is 5.97 Å². The van der Waals surface area contributed by atoms with E-state index in [4.69, 9.17) is 5.11 Å². The molecular formula is C15H21N3O2. The van der Waals surface area contributed by atoms with Gasteiger partial charge in [0.2, 0.25) is 0 Å². The van der Waals surface area contributed by atoms with Crippen molar-refractivity contribution in [3.8, 4) is 0 Å². The summed E-state index contributed by atoms with van der Waals surface area (Å²) >= 11 is 0. The second-order valence-corrected chi connectivity index (χ2v) is 5.09. The van der Waals surface area contributed by atoms with Crippen molar-refractivity contribution < 1.29 is 9.90 Å². The fourth-order valence-corrected chi connectivity index (χ4v) is 2.31. The zero-order chi connectivity index (χ0) is 14.4. The minimum atomic E-state index is -0.917. The van der Waals surface area contributed by atoms with E-state index in [0.29, 0.717) is 0 Å². The number of hydrogen-bond donors (Lipinski definition) is 1. The zero-order valence-corrected chi connectivity index (χ0v) is 11.9. The van der Waals surface area contributed by atoms with Gasteiger partial charge in [0, 0.05) is 6.54 Å². The third kappa shape index (κ3) is 3.56. The number of carboxylic acids is 1. The molecule has 0 spiro atoms. The van der Waals surface area contributed by atoms with Crippen LogP contribution in [0.3, 0.4) is 0 Å². The van der Waals surface area contributed by atoms with Crippen LogP contribution in [0.2, 0.25) is 0 Å². The van der Waals surface area contributed by atoms with Crippen LogP contribution < -0.4 is 0 Å².